The van der Waals surface area contributed by atoms with Gasteiger partial charge in [-0.2, -0.15) is 0 Å². The van der Waals surface area contributed by atoms with Crippen LogP contribution in [0.2, 0.25) is 0 Å². The molecule has 0 radical (unpaired) electrons. The summed E-state index contributed by atoms with van der Waals surface area (Å²) in [6.45, 7) is 4.64. The van der Waals surface area contributed by atoms with E-state index >= 15 is 0 Å². The van der Waals surface area contributed by atoms with E-state index in [0.29, 0.717) is 0 Å². The van der Waals surface area contributed by atoms with Crippen molar-refractivity contribution >= 4 is 0 Å². The van der Waals surface area contributed by atoms with E-state index in [0.717, 1.165) is 32.5 Å². The topological polar surface area (TPSA) is 21.3 Å². The summed E-state index contributed by atoms with van der Waals surface area (Å²) >= 11 is 0. The van der Waals surface area contributed by atoms with Crippen molar-refractivity contribution < 1.29 is 4.74 Å². The Labute approximate surface area is 69.3 Å². The van der Waals surface area contributed by atoms with E-state index in [2.05, 4.69) is 17.2 Å². The summed E-state index contributed by atoms with van der Waals surface area (Å²) in [4.78, 5) is 0. The second-order valence-corrected chi connectivity index (χ2v) is 2.27. The lowest BCUT2D eigenvalue weighted by atomic mass is 10.3. The quantitative estimate of drug-likeness (QED) is 0.457. The van der Waals surface area contributed by atoms with E-state index in [-0.39, 0.29) is 0 Å². The Hall–Kier alpha value is -0.520. The standard InChI is InChI=1S/C9H17NO/c1-3-4-5-6-7-10-8-9-11-2/h10H,5-9H2,1-2H3. The fourth-order valence-electron chi connectivity index (χ4n) is 0.726. The van der Waals surface area contributed by atoms with Gasteiger partial charge in [0.25, 0.3) is 0 Å². The zero-order chi connectivity index (χ0) is 8.36. The highest BCUT2D eigenvalue weighted by Gasteiger charge is 1.84. The number of methoxy groups -OCH3 is 1. The van der Waals surface area contributed by atoms with Gasteiger partial charge < -0.3 is 10.1 Å². The normalized spacial score (nSPS) is 8.91. The van der Waals surface area contributed by atoms with Crippen LogP contribution in [0.5, 0.6) is 0 Å². The van der Waals surface area contributed by atoms with Crippen LogP contribution in [0.15, 0.2) is 0 Å². The maximum absolute atomic E-state index is 4.88. The molecule has 2 heteroatoms. The second kappa shape index (κ2) is 9.48. The zero-order valence-electron chi connectivity index (χ0n) is 7.44. The maximum Gasteiger partial charge on any atom is 0.0587 e. The molecular weight excluding hydrogens is 138 g/mol. The molecule has 0 aliphatic carbocycles. The first kappa shape index (κ1) is 10.5. The lowest BCUT2D eigenvalue weighted by molar-refractivity contribution is 0.199. The van der Waals surface area contributed by atoms with Crippen LogP contribution in [0.1, 0.15) is 19.8 Å². The van der Waals surface area contributed by atoms with Crippen LogP contribution < -0.4 is 5.32 Å². The molecule has 64 valence electrons. The van der Waals surface area contributed by atoms with Crippen molar-refractivity contribution in [3.05, 3.63) is 0 Å². The Kier molecular flexibility index (Phi) is 9.03. The van der Waals surface area contributed by atoms with Crippen LogP contribution in [0.3, 0.4) is 0 Å². The van der Waals surface area contributed by atoms with Crippen molar-refractivity contribution in [3.63, 3.8) is 0 Å². The van der Waals surface area contributed by atoms with Gasteiger partial charge in [0, 0.05) is 20.1 Å². The van der Waals surface area contributed by atoms with Crippen LogP contribution in [0, 0.1) is 11.8 Å². The minimum atomic E-state index is 0.791. The van der Waals surface area contributed by atoms with Gasteiger partial charge in [-0.25, -0.2) is 0 Å². The first-order chi connectivity index (χ1) is 5.41. The highest BCUT2D eigenvalue weighted by Crippen LogP contribution is 1.82. The molecule has 1 N–H and O–H groups in total. The summed E-state index contributed by atoms with van der Waals surface area (Å²) in [7, 11) is 1.71. The summed E-state index contributed by atoms with van der Waals surface area (Å²) in [5.41, 5.74) is 0. The van der Waals surface area contributed by atoms with Gasteiger partial charge >= 0.3 is 0 Å². The average Bonchev–Trinajstić information content (AvgIpc) is 2.03. The minimum absolute atomic E-state index is 0.791. The summed E-state index contributed by atoms with van der Waals surface area (Å²) in [6.07, 6.45) is 2.13. The molecule has 0 aromatic heterocycles. The molecule has 11 heavy (non-hydrogen) atoms. The van der Waals surface area contributed by atoms with Crippen LogP contribution >= 0.6 is 0 Å². The monoisotopic (exact) mass is 155 g/mol. The third-order valence-electron chi connectivity index (χ3n) is 1.32. The average molecular weight is 155 g/mol. The number of hydrogen-bond acceptors (Lipinski definition) is 2. The van der Waals surface area contributed by atoms with Crippen molar-refractivity contribution in [2.45, 2.75) is 19.8 Å². The SMILES string of the molecule is CC#CCCCNCCOC. The van der Waals surface area contributed by atoms with Crippen molar-refractivity contribution in [1.29, 1.82) is 0 Å². The predicted octanol–water partition coefficient (Wildman–Crippen LogP) is 1.03. The number of unbranched alkanes of at least 4 members (excludes halogenated alkanes) is 1. The lowest BCUT2D eigenvalue weighted by Gasteiger charge is -2.00. The fraction of sp³-hybridized carbons (Fsp3) is 0.778. The fourth-order valence-corrected chi connectivity index (χ4v) is 0.726. The van der Waals surface area contributed by atoms with E-state index in [1.54, 1.807) is 7.11 Å². The van der Waals surface area contributed by atoms with E-state index in [4.69, 9.17) is 4.74 Å². The van der Waals surface area contributed by atoms with Gasteiger partial charge in [-0.15, -0.1) is 11.8 Å². The van der Waals surface area contributed by atoms with Gasteiger partial charge in [-0.05, 0) is 19.9 Å². The van der Waals surface area contributed by atoms with Gasteiger partial charge in [0.05, 0.1) is 6.61 Å². The van der Waals surface area contributed by atoms with Gasteiger partial charge in [0.15, 0.2) is 0 Å². The zero-order valence-corrected chi connectivity index (χ0v) is 7.44. The number of nitrogens with one attached hydrogen (secondary N) is 1. The number of rotatable bonds is 6. The lowest BCUT2D eigenvalue weighted by Crippen LogP contribution is -2.19. The Balaban J connectivity index is 2.83. The number of hydrogen-bond donors (Lipinski definition) is 1. The Morgan fingerprint density at radius 2 is 2.18 bits per heavy atom. The summed E-state index contributed by atoms with van der Waals surface area (Å²) in [5.74, 6) is 5.89. The molecule has 0 rings (SSSR count). The molecule has 0 bridgehead atoms. The predicted molar refractivity (Wildman–Crippen MR) is 47.4 cm³/mol. The highest BCUT2D eigenvalue weighted by atomic mass is 16.5. The van der Waals surface area contributed by atoms with Crippen molar-refractivity contribution in [2.75, 3.05) is 26.8 Å². The highest BCUT2D eigenvalue weighted by molar-refractivity contribution is 4.94. The molecule has 0 aliphatic rings. The number of ether oxygens (including phenoxy) is 1. The molecule has 0 aromatic carbocycles. The van der Waals surface area contributed by atoms with Crippen molar-refractivity contribution in [1.82, 2.24) is 5.32 Å². The maximum atomic E-state index is 4.88. The van der Waals surface area contributed by atoms with Gasteiger partial charge in [-0.1, -0.05) is 0 Å². The molecule has 0 aromatic rings. The van der Waals surface area contributed by atoms with Gasteiger partial charge in [0.1, 0.15) is 0 Å². The first-order valence-corrected chi connectivity index (χ1v) is 4.01. The summed E-state index contributed by atoms with van der Waals surface area (Å²) in [6, 6.07) is 0. The molecular formula is C9H17NO. The van der Waals surface area contributed by atoms with Crippen molar-refractivity contribution in [3.8, 4) is 11.8 Å². The molecule has 0 saturated heterocycles. The molecule has 0 heterocycles. The van der Waals surface area contributed by atoms with Crippen molar-refractivity contribution in [2.24, 2.45) is 0 Å². The molecule has 2 nitrogen and oxygen atoms in total. The Morgan fingerprint density at radius 3 is 2.82 bits per heavy atom. The van der Waals surface area contributed by atoms with E-state index in [1.165, 1.54) is 0 Å². The summed E-state index contributed by atoms with van der Waals surface area (Å²) in [5, 5.41) is 3.25. The minimum Gasteiger partial charge on any atom is -0.383 e. The largest absolute Gasteiger partial charge is 0.383 e. The molecule has 0 aliphatic heterocycles. The second-order valence-electron chi connectivity index (χ2n) is 2.27. The molecule has 0 unspecified atom stereocenters. The Morgan fingerprint density at radius 1 is 1.36 bits per heavy atom. The van der Waals surface area contributed by atoms with Gasteiger partial charge in [-0.3, -0.25) is 0 Å². The van der Waals surface area contributed by atoms with Crippen LogP contribution in [0.25, 0.3) is 0 Å². The van der Waals surface area contributed by atoms with Gasteiger partial charge in [0.2, 0.25) is 0 Å². The molecule has 0 fully saturated rings. The van der Waals surface area contributed by atoms with Crippen LogP contribution in [-0.2, 0) is 4.74 Å². The van der Waals surface area contributed by atoms with E-state index < -0.39 is 0 Å². The third-order valence-corrected chi connectivity index (χ3v) is 1.32. The first-order valence-electron chi connectivity index (χ1n) is 4.01. The van der Waals surface area contributed by atoms with E-state index in [1.807, 2.05) is 6.92 Å². The summed E-state index contributed by atoms with van der Waals surface area (Å²) < 4.78 is 4.88. The smallest absolute Gasteiger partial charge is 0.0587 e. The molecule has 0 spiro atoms. The molecule has 0 atom stereocenters. The van der Waals surface area contributed by atoms with Crippen LogP contribution in [0.4, 0.5) is 0 Å². The third kappa shape index (κ3) is 9.48. The van der Waals surface area contributed by atoms with Crippen LogP contribution in [-0.4, -0.2) is 26.8 Å². The Bertz CT molecular complexity index is 123. The van der Waals surface area contributed by atoms with E-state index in [9.17, 15) is 0 Å². The molecule has 0 amide bonds. The molecule has 0 saturated carbocycles.